The van der Waals surface area contributed by atoms with Crippen molar-refractivity contribution in [2.75, 3.05) is 47.8 Å². The first-order valence-corrected chi connectivity index (χ1v) is 11.5. The van der Waals surface area contributed by atoms with Crippen molar-refractivity contribution in [3.8, 4) is 5.88 Å². The Morgan fingerprint density at radius 1 is 0.912 bits per heavy atom. The minimum Gasteiger partial charge on any atom is -0.494 e. The lowest BCUT2D eigenvalue weighted by atomic mass is 9.91. The molecule has 7 heteroatoms. The Hall–Kier alpha value is -3.55. The van der Waals surface area contributed by atoms with E-state index in [1.54, 1.807) is 0 Å². The van der Waals surface area contributed by atoms with Crippen LogP contribution in [0, 0.1) is 0 Å². The number of rotatable bonds is 6. The molecule has 0 spiro atoms. The number of aliphatic imine (C=N–C) groups is 1. The molecule has 3 aromatic carbocycles. The normalized spacial score (nSPS) is 14.2. The van der Waals surface area contributed by atoms with Crippen LogP contribution in [-0.2, 0) is 6.54 Å². The predicted molar refractivity (Wildman–Crippen MR) is 138 cm³/mol. The third kappa shape index (κ3) is 3.67. The minimum absolute atomic E-state index is 0.00940. The van der Waals surface area contributed by atoms with Crippen LogP contribution < -0.4 is 10.9 Å². The van der Waals surface area contributed by atoms with E-state index in [9.17, 15) is 9.90 Å². The number of pyridine rings is 1. The fourth-order valence-electron chi connectivity index (χ4n) is 4.59. The van der Waals surface area contributed by atoms with Gasteiger partial charge >= 0.3 is 0 Å². The molecule has 0 radical (unpaired) electrons. The van der Waals surface area contributed by atoms with E-state index in [-0.39, 0.29) is 11.4 Å². The molecular formula is C27H29N5O2. The number of hydrogen-bond donors (Lipinski definition) is 1. The third-order valence-electron chi connectivity index (χ3n) is 6.34. The summed E-state index contributed by atoms with van der Waals surface area (Å²) in [5.74, 6) is -0.00940. The maximum atomic E-state index is 13.3. The van der Waals surface area contributed by atoms with Crippen molar-refractivity contribution in [3.63, 3.8) is 0 Å². The van der Waals surface area contributed by atoms with Crippen LogP contribution in [0.5, 0.6) is 5.88 Å². The molecule has 4 aromatic rings. The summed E-state index contributed by atoms with van der Waals surface area (Å²) in [5.41, 5.74) is 3.41. The molecule has 0 saturated heterocycles. The van der Waals surface area contributed by atoms with Gasteiger partial charge in [0.15, 0.2) is 0 Å². The average Bonchev–Trinajstić information content (AvgIpc) is 2.81. The first-order valence-electron chi connectivity index (χ1n) is 11.5. The van der Waals surface area contributed by atoms with Gasteiger partial charge in [0.1, 0.15) is 0 Å². The van der Waals surface area contributed by atoms with Crippen molar-refractivity contribution in [1.82, 2.24) is 14.4 Å². The van der Waals surface area contributed by atoms with Gasteiger partial charge in [-0.1, -0.05) is 30.3 Å². The van der Waals surface area contributed by atoms with Gasteiger partial charge in [-0.05, 0) is 46.4 Å². The van der Waals surface area contributed by atoms with E-state index in [1.807, 2.05) is 81.6 Å². The number of hydrogen-bond acceptors (Lipinski definition) is 6. The number of aromatic nitrogens is 1. The lowest BCUT2D eigenvalue weighted by Gasteiger charge is -2.20. The van der Waals surface area contributed by atoms with Crippen LogP contribution in [0.1, 0.15) is 11.1 Å². The Labute approximate surface area is 198 Å². The van der Waals surface area contributed by atoms with Crippen LogP contribution in [0.15, 0.2) is 63.3 Å². The maximum Gasteiger partial charge on any atom is 0.261 e. The highest BCUT2D eigenvalue weighted by Gasteiger charge is 2.24. The van der Waals surface area contributed by atoms with Crippen LogP contribution in [0.4, 0.5) is 5.69 Å². The first-order chi connectivity index (χ1) is 16.4. The van der Waals surface area contributed by atoms with Gasteiger partial charge in [0, 0.05) is 52.3 Å². The number of aromatic hydroxyl groups is 1. The van der Waals surface area contributed by atoms with E-state index in [0.29, 0.717) is 30.4 Å². The lowest BCUT2D eigenvalue weighted by Crippen LogP contribution is -2.28. The van der Waals surface area contributed by atoms with Crippen molar-refractivity contribution < 1.29 is 5.11 Å². The second kappa shape index (κ2) is 8.66. The second-order valence-electron chi connectivity index (χ2n) is 9.29. The van der Waals surface area contributed by atoms with Crippen molar-refractivity contribution in [1.29, 1.82) is 0 Å². The Morgan fingerprint density at radius 2 is 1.65 bits per heavy atom. The van der Waals surface area contributed by atoms with Crippen LogP contribution >= 0.6 is 0 Å². The highest BCUT2D eigenvalue weighted by Crippen LogP contribution is 2.33. The molecule has 1 N–H and O–H groups in total. The number of benzene rings is 3. The maximum absolute atomic E-state index is 13.3. The number of para-hydroxylation sites is 1. The smallest absolute Gasteiger partial charge is 0.261 e. The van der Waals surface area contributed by atoms with E-state index >= 15 is 0 Å². The van der Waals surface area contributed by atoms with E-state index in [1.165, 1.54) is 4.57 Å². The molecule has 5 rings (SSSR count). The summed E-state index contributed by atoms with van der Waals surface area (Å²) in [7, 11) is 7.96. The molecule has 0 saturated carbocycles. The SMILES string of the molecule is CN(C)CCN=C1c2ccccc2N=c2c1cc1c(O)n(CCN(C)C)c(=O)c3cccc2c13. The van der Waals surface area contributed by atoms with Crippen LogP contribution in [-0.4, -0.2) is 73.0 Å². The number of fused-ring (bicyclic) bond motifs is 3. The molecule has 7 nitrogen and oxygen atoms in total. The molecular weight excluding hydrogens is 426 g/mol. The van der Waals surface area contributed by atoms with Crippen molar-refractivity contribution >= 4 is 32.9 Å². The molecule has 0 atom stereocenters. The molecule has 2 heterocycles. The quantitative estimate of drug-likeness (QED) is 0.427. The fourth-order valence-corrected chi connectivity index (χ4v) is 4.59. The van der Waals surface area contributed by atoms with Gasteiger partial charge in [-0.25, -0.2) is 4.99 Å². The zero-order valence-electron chi connectivity index (χ0n) is 20.0. The number of nitrogens with zero attached hydrogens (tertiary/aromatic N) is 5. The molecule has 0 amide bonds. The summed E-state index contributed by atoms with van der Waals surface area (Å²) >= 11 is 0. The molecule has 1 aliphatic heterocycles. The summed E-state index contributed by atoms with van der Waals surface area (Å²) in [6.45, 7) is 2.52. The summed E-state index contributed by atoms with van der Waals surface area (Å²) < 4.78 is 1.47. The Kier molecular flexibility index (Phi) is 5.67. The molecule has 174 valence electrons. The van der Waals surface area contributed by atoms with Crippen molar-refractivity contribution in [2.24, 2.45) is 9.98 Å². The first kappa shape index (κ1) is 22.3. The Bertz CT molecular complexity index is 1550. The Balaban J connectivity index is 1.85. The summed E-state index contributed by atoms with van der Waals surface area (Å²) in [4.78, 5) is 27.4. The molecule has 0 fully saturated rings. The van der Waals surface area contributed by atoms with E-state index in [4.69, 9.17) is 9.98 Å². The lowest BCUT2D eigenvalue weighted by molar-refractivity contribution is 0.353. The predicted octanol–water partition coefficient (Wildman–Crippen LogP) is 2.80. The molecule has 34 heavy (non-hydrogen) atoms. The van der Waals surface area contributed by atoms with Crippen LogP contribution in [0.2, 0.25) is 0 Å². The third-order valence-corrected chi connectivity index (χ3v) is 6.34. The standard InChI is InChI=1S/C27H29N5O2/c1-30(2)13-12-28-24-17-8-5-6-11-22(17)29-25-18-9-7-10-19-23(18)20(16-21(24)25)27(34)32(26(19)33)15-14-31(3)4/h5-11,16,34H,12-15H2,1-4H3. The van der Waals surface area contributed by atoms with Crippen LogP contribution in [0.3, 0.4) is 0 Å². The van der Waals surface area contributed by atoms with Gasteiger partial charge in [0.25, 0.3) is 5.56 Å². The number of likely N-dealkylation sites (N-methyl/N-ethyl adjacent to an activating group) is 2. The topological polar surface area (TPSA) is 73.4 Å². The van der Waals surface area contributed by atoms with Gasteiger partial charge < -0.3 is 14.9 Å². The van der Waals surface area contributed by atoms with Gasteiger partial charge in [0.05, 0.1) is 23.3 Å². The van der Waals surface area contributed by atoms with Gasteiger partial charge in [-0.15, -0.1) is 0 Å². The summed E-state index contributed by atoms with van der Waals surface area (Å²) in [6, 6.07) is 15.7. The zero-order valence-corrected chi connectivity index (χ0v) is 20.0. The van der Waals surface area contributed by atoms with Crippen molar-refractivity contribution in [3.05, 3.63) is 75.4 Å². The van der Waals surface area contributed by atoms with E-state index in [0.717, 1.165) is 45.2 Å². The largest absolute Gasteiger partial charge is 0.494 e. The van der Waals surface area contributed by atoms with Gasteiger partial charge in [-0.2, -0.15) is 0 Å². The Morgan fingerprint density at radius 3 is 2.41 bits per heavy atom. The van der Waals surface area contributed by atoms with Crippen molar-refractivity contribution in [2.45, 2.75) is 6.54 Å². The summed E-state index contributed by atoms with van der Waals surface area (Å²) in [5, 5.41) is 14.9. The molecule has 0 aliphatic carbocycles. The molecule has 0 bridgehead atoms. The highest BCUT2D eigenvalue weighted by atomic mass is 16.3. The van der Waals surface area contributed by atoms with E-state index in [2.05, 4.69) is 4.90 Å². The molecule has 1 aromatic heterocycles. The summed E-state index contributed by atoms with van der Waals surface area (Å²) in [6.07, 6.45) is 0. The fraction of sp³-hybridized carbons (Fsp3) is 0.296. The zero-order chi connectivity index (χ0) is 24.0. The highest BCUT2D eigenvalue weighted by molar-refractivity contribution is 6.21. The minimum atomic E-state index is -0.187. The molecule has 0 unspecified atom stereocenters. The van der Waals surface area contributed by atoms with Gasteiger partial charge in [0.2, 0.25) is 5.88 Å². The second-order valence-corrected chi connectivity index (χ2v) is 9.29. The van der Waals surface area contributed by atoms with Gasteiger partial charge in [-0.3, -0.25) is 14.4 Å². The average molecular weight is 456 g/mol. The van der Waals surface area contributed by atoms with Crippen LogP contribution in [0.25, 0.3) is 21.5 Å². The monoisotopic (exact) mass is 455 g/mol. The van der Waals surface area contributed by atoms with E-state index < -0.39 is 0 Å². The molecule has 1 aliphatic rings.